The number of hydrogen-bond acceptors (Lipinski definition) is 1. The Kier molecular flexibility index (Phi) is 6.22. The highest BCUT2D eigenvalue weighted by molar-refractivity contribution is 9.10. The average Bonchev–Trinajstić information content (AvgIpc) is 2.48. The topological polar surface area (TPSA) is 12.0 Å². The third-order valence-corrected chi connectivity index (χ3v) is 4.16. The molecule has 0 aliphatic heterocycles. The molecule has 0 amide bonds. The van der Waals surface area contributed by atoms with Gasteiger partial charge in [0.2, 0.25) is 0 Å². The number of hydrogen-bond donors (Lipinski definition) is 1. The first-order valence-corrected chi connectivity index (χ1v) is 8.20. The first kappa shape index (κ1) is 16.5. The van der Waals surface area contributed by atoms with E-state index < -0.39 is 0 Å². The minimum absolute atomic E-state index is 0.111. The van der Waals surface area contributed by atoms with E-state index in [-0.39, 0.29) is 11.9 Å². The molecule has 0 aliphatic carbocycles. The Morgan fingerprint density at radius 1 is 1.19 bits per heavy atom. The summed E-state index contributed by atoms with van der Waals surface area (Å²) in [6.07, 6.45) is 1.82. The minimum Gasteiger partial charge on any atom is -0.310 e. The molecule has 2 aromatic carbocycles. The zero-order chi connectivity index (χ0) is 15.2. The lowest BCUT2D eigenvalue weighted by molar-refractivity contribution is 0.528. The van der Waals surface area contributed by atoms with Crippen LogP contribution >= 0.6 is 27.5 Å². The molecule has 0 fully saturated rings. The predicted molar refractivity (Wildman–Crippen MR) is 90.3 cm³/mol. The van der Waals surface area contributed by atoms with Gasteiger partial charge in [-0.2, -0.15) is 0 Å². The Labute approximate surface area is 138 Å². The van der Waals surface area contributed by atoms with E-state index in [4.69, 9.17) is 11.6 Å². The zero-order valence-corrected chi connectivity index (χ0v) is 14.2. The lowest BCUT2D eigenvalue weighted by Gasteiger charge is -2.21. The summed E-state index contributed by atoms with van der Waals surface area (Å²) in [6, 6.07) is 12.6. The van der Waals surface area contributed by atoms with Gasteiger partial charge in [-0.3, -0.25) is 0 Å². The van der Waals surface area contributed by atoms with Crippen molar-refractivity contribution < 1.29 is 4.39 Å². The smallest absolute Gasteiger partial charge is 0.123 e. The van der Waals surface area contributed by atoms with Crippen LogP contribution in [0.25, 0.3) is 0 Å². The molecule has 0 aliphatic rings. The second-order valence-electron chi connectivity index (χ2n) is 5.00. The van der Waals surface area contributed by atoms with Gasteiger partial charge in [0.1, 0.15) is 5.82 Å². The van der Waals surface area contributed by atoms with Gasteiger partial charge in [-0.1, -0.05) is 46.6 Å². The van der Waals surface area contributed by atoms with E-state index in [1.54, 1.807) is 0 Å². The fraction of sp³-hybridized carbons (Fsp3) is 0.294. The van der Waals surface area contributed by atoms with Crippen LogP contribution in [0.15, 0.2) is 46.9 Å². The Morgan fingerprint density at radius 2 is 1.90 bits per heavy atom. The van der Waals surface area contributed by atoms with Crippen LogP contribution in [0.4, 0.5) is 4.39 Å². The van der Waals surface area contributed by atoms with E-state index >= 15 is 0 Å². The van der Waals surface area contributed by atoms with E-state index in [9.17, 15) is 4.39 Å². The van der Waals surface area contributed by atoms with Crippen LogP contribution in [0.3, 0.4) is 0 Å². The Bertz CT molecular complexity index is 586. The summed E-state index contributed by atoms with van der Waals surface area (Å²) in [5.41, 5.74) is 2.14. The third-order valence-electron chi connectivity index (χ3n) is 3.33. The molecule has 0 spiro atoms. The minimum atomic E-state index is -0.211. The first-order chi connectivity index (χ1) is 10.1. The van der Waals surface area contributed by atoms with Crippen molar-refractivity contribution in [2.75, 3.05) is 6.54 Å². The molecule has 0 saturated carbocycles. The van der Waals surface area contributed by atoms with Gasteiger partial charge < -0.3 is 5.32 Å². The lowest BCUT2D eigenvalue weighted by atomic mass is 9.98. The number of nitrogens with one attached hydrogen (secondary N) is 1. The van der Waals surface area contributed by atoms with Crippen molar-refractivity contribution in [1.82, 2.24) is 5.32 Å². The van der Waals surface area contributed by atoms with Gasteiger partial charge >= 0.3 is 0 Å². The molecule has 21 heavy (non-hydrogen) atoms. The summed E-state index contributed by atoms with van der Waals surface area (Å²) in [6.45, 7) is 3.04. The largest absolute Gasteiger partial charge is 0.310 e. The fourth-order valence-electron chi connectivity index (χ4n) is 2.25. The first-order valence-electron chi connectivity index (χ1n) is 7.03. The molecule has 112 valence electrons. The maximum absolute atomic E-state index is 13.0. The number of rotatable bonds is 6. The van der Waals surface area contributed by atoms with Crippen LogP contribution in [0, 0.1) is 5.82 Å². The molecular formula is C17H18BrClFN. The molecule has 0 bridgehead atoms. The average molecular weight is 371 g/mol. The highest BCUT2D eigenvalue weighted by atomic mass is 79.9. The summed E-state index contributed by atoms with van der Waals surface area (Å²) in [5, 5.41) is 4.26. The predicted octanol–water partition coefficient (Wildman–Crippen LogP) is 5.53. The summed E-state index contributed by atoms with van der Waals surface area (Å²) in [7, 11) is 0. The SMILES string of the molecule is CCCNC(Cc1ccc(F)cc1)c1cc(Br)ccc1Cl. The molecule has 0 saturated heterocycles. The summed E-state index contributed by atoms with van der Waals surface area (Å²) in [4.78, 5) is 0. The molecule has 0 heterocycles. The molecule has 1 unspecified atom stereocenters. The van der Waals surface area contributed by atoms with Gasteiger partial charge in [0.25, 0.3) is 0 Å². The second-order valence-corrected chi connectivity index (χ2v) is 6.33. The van der Waals surface area contributed by atoms with E-state index in [1.165, 1.54) is 12.1 Å². The fourth-order valence-corrected chi connectivity index (χ4v) is 2.88. The highest BCUT2D eigenvalue weighted by Gasteiger charge is 2.15. The molecule has 2 rings (SSSR count). The molecule has 1 atom stereocenters. The molecule has 1 nitrogen and oxygen atoms in total. The molecule has 2 aromatic rings. The Morgan fingerprint density at radius 3 is 2.57 bits per heavy atom. The quantitative estimate of drug-likeness (QED) is 0.705. The summed E-state index contributed by atoms with van der Waals surface area (Å²) < 4.78 is 14.0. The number of halogens is 3. The lowest BCUT2D eigenvalue weighted by Crippen LogP contribution is -2.24. The second kappa shape index (κ2) is 7.92. The van der Waals surface area contributed by atoms with Crippen molar-refractivity contribution in [2.24, 2.45) is 0 Å². The Balaban J connectivity index is 2.25. The molecule has 4 heteroatoms. The van der Waals surface area contributed by atoms with E-state index in [2.05, 4.69) is 28.2 Å². The van der Waals surface area contributed by atoms with E-state index in [1.807, 2.05) is 30.3 Å². The van der Waals surface area contributed by atoms with Crippen LogP contribution in [0.1, 0.15) is 30.5 Å². The van der Waals surface area contributed by atoms with Crippen molar-refractivity contribution in [1.29, 1.82) is 0 Å². The maximum atomic E-state index is 13.0. The molecule has 0 radical (unpaired) electrons. The van der Waals surface area contributed by atoms with Crippen molar-refractivity contribution >= 4 is 27.5 Å². The van der Waals surface area contributed by atoms with Gasteiger partial charge in [0.15, 0.2) is 0 Å². The van der Waals surface area contributed by atoms with Crippen LogP contribution < -0.4 is 5.32 Å². The monoisotopic (exact) mass is 369 g/mol. The van der Waals surface area contributed by atoms with Crippen molar-refractivity contribution in [3.63, 3.8) is 0 Å². The van der Waals surface area contributed by atoms with Crippen LogP contribution in [-0.4, -0.2) is 6.54 Å². The van der Waals surface area contributed by atoms with E-state index in [0.29, 0.717) is 0 Å². The molecule has 1 N–H and O–H groups in total. The maximum Gasteiger partial charge on any atom is 0.123 e. The summed E-state index contributed by atoms with van der Waals surface area (Å²) >= 11 is 9.83. The van der Waals surface area contributed by atoms with Gasteiger partial charge in [0, 0.05) is 15.5 Å². The third kappa shape index (κ3) is 4.80. The van der Waals surface area contributed by atoms with Gasteiger partial charge in [-0.15, -0.1) is 0 Å². The van der Waals surface area contributed by atoms with Crippen molar-refractivity contribution in [3.05, 3.63) is 68.9 Å². The number of benzene rings is 2. The van der Waals surface area contributed by atoms with Gasteiger partial charge in [-0.25, -0.2) is 4.39 Å². The normalized spacial score (nSPS) is 12.4. The molecule has 0 aromatic heterocycles. The van der Waals surface area contributed by atoms with Crippen LogP contribution in [0.2, 0.25) is 5.02 Å². The van der Waals surface area contributed by atoms with E-state index in [0.717, 1.165) is 40.0 Å². The zero-order valence-electron chi connectivity index (χ0n) is 11.9. The highest BCUT2D eigenvalue weighted by Crippen LogP contribution is 2.29. The Hall–Kier alpha value is -0.900. The van der Waals surface area contributed by atoms with Crippen molar-refractivity contribution in [3.8, 4) is 0 Å². The van der Waals surface area contributed by atoms with Gasteiger partial charge in [0.05, 0.1) is 0 Å². The van der Waals surface area contributed by atoms with Crippen molar-refractivity contribution in [2.45, 2.75) is 25.8 Å². The van der Waals surface area contributed by atoms with Gasteiger partial charge in [-0.05, 0) is 60.8 Å². The van der Waals surface area contributed by atoms with Crippen LogP contribution in [-0.2, 0) is 6.42 Å². The molecular weight excluding hydrogens is 353 g/mol. The van der Waals surface area contributed by atoms with Crippen LogP contribution in [0.5, 0.6) is 0 Å². The standard InChI is InChI=1S/C17H18BrClFN/c1-2-9-21-17(10-12-3-6-14(20)7-4-12)15-11-13(18)5-8-16(15)19/h3-8,11,17,21H,2,9-10H2,1H3. The summed E-state index contributed by atoms with van der Waals surface area (Å²) in [5.74, 6) is -0.211.